The van der Waals surface area contributed by atoms with Gasteiger partial charge in [-0.15, -0.1) is 11.3 Å². The van der Waals surface area contributed by atoms with Crippen molar-refractivity contribution in [2.24, 2.45) is 0 Å². The molecule has 3 nitrogen and oxygen atoms in total. The molecule has 0 bridgehead atoms. The first-order chi connectivity index (χ1) is 17.5. The lowest BCUT2D eigenvalue weighted by atomic mass is 9.78. The number of rotatable bonds is 4. The third-order valence-electron chi connectivity index (χ3n) is 6.71. The standard InChI is InChI=1S/C33H33N2OS/c1-32(2,3)25-19-23(20-26(29(25)36)33(4,5)6)24-17-18-37-30(24)31-34-27(21-13-9-7-10-14-21)28(35-31)22-15-11-8-12-16-22/h7-20H,1-6H3,(H,34,35). The topological polar surface area (TPSA) is 48.6 Å². The first-order valence-electron chi connectivity index (χ1n) is 12.7. The van der Waals surface area contributed by atoms with Gasteiger partial charge in [0, 0.05) is 27.8 Å². The molecule has 187 valence electrons. The van der Waals surface area contributed by atoms with Gasteiger partial charge in [-0.2, -0.15) is 0 Å². The Morgan fingerprint density at radius 2 is 1.24 bits per heavy atom. The van der Waals surface area contributed by atoms with Gasteiger partial charge >= 0.3 is 0 Å². The summed E-state index contributed by atoms with van der Waals surface area (Å²) in [6, 6.07) is 27.0. The van der Waals surface area contributed by atoms with E-state index >= 15 is 0 Å². The van der Waals surface area contributed by atoms with Crippen molar-refractivity contribution < 1.29 is 5.11 Å². The molecule has 0 aliphatic heterocycles. The summed E-state index contributed by atoms with van der Waals surface area (Å²) in [5.74, 6) is 0.986. The van der Waals surface area contributed by atoms with Crippen LogP contribution < -0.4 is 0 Å². The maximum absolute atomic E-state index is 13.5. The van der Waals surface area contributed by atoms with Crippen LogP contribution in [0.2, 0.25) is 0 Å². The maximum atomic E-state index is 13.5. The fourth-order valence-corrected chi connectivity index (χ4v) is 5.58. The van der Waals surface area contributed by atoms with Crippen LogP contribution in [0.4, 0.5) is 0 Å². The molecule has 0 spiro atoms. The highest BCUT2D eigenvalue weighted by Crippen LogP contribution is 2.45. The Bertz CT molecular complexity index is 1440. The van der Waals surface area contributed by atoms with Crippen molar-refractivity contribution in [3.8, 4) is 50.1 Å². The van der Waals surface area contributed by atoms with Crippen LogP contribution in [0.3, 0.4) is 0 Å². The first kappa shape index (κ1) is 25.0. The summed E-state index contributed by atoms with van der Waals surface area (Å²) in [7, 11) is 0. The maximum Gasteiger partial charge on any atom is 0.186 e. The zero-order chi connectivity index (χ0) is 26.4. The van der Waals surface area contributed by atoms with Gasteiger partial charge < -0.3 is 4.98 Å². The second-order valence-electron chi connectivity index (χ2n) is 11.6. The minimum atomic E-state index is -0.255. The molecule has 2 aromatic heterocycles. The fourth-order valence-electron chi connectivity index (χ4n) is 4.72. The van der Waals surface area contributed by atoms with Crippen LogP contribution in [-0.4, -0.2) is 9.97 Å². The number of benzene rings is 3. The molecule has 37 heavy (non-hydrogen) atoms. The quantitative estimate of drug-likeness (QED) is 0.259. The van der Waals surface area contributed by atoms with Crippen molar-refractivity contribution in [2.45, 2.75) is 52.4 Å². The molecule has 3 aromatic carbocycles. The molecule has 1 N–H and O–H groups in total. The molecule has 0 fully saturated rings. The van der Waals surface area contributed by atoms with Gasteiger partial charge in [0.15, 0.2) is 5.75 Å². The summed E-state index contributed by atoms with van der Waals surface area (Å²) >= 11 is 1.67. The van der Waals surface area contributed by atoms with Crippen molar-refractivity contribution in [1.82, 2.24) is 9.97 Å². The molecule has 4 heteroatoms. The lowest BCUT2D eigenvalue weighted by Crippen LogP contribution is -2.17. The summed E-state index contributed by atoms with van der Waals surface area (Å²) in [5.41, 5.74) is 7.44. The fraction of sp³-hybridized carbons (Fsp3) is 0.242. The third kappa shape index (κ3) is 4.86. The summed E-state index contributed by atoms with van der Waals surface area (Å²) in [6.45, 7) is 12.7. The number of aromatic nitrogens is 2. The summed E-state index contributed by atoms with van der Waals surface area (Å²) in [5, 5.41) is 15.6. The van der Waals surface area contributed by atoms with Gasteiger partial charge in [-0.05, 0) is 40.0 Å². The number of hydrogen-bond acceptors (Lipinski definition) is 2. The summed E-state index contributed by atoms with van der Waals surface area (Å²) in [6.07, 6.45) is 0. The Morgan fingerprint density at radius 3 is 1.78 bits per heavy atom. The molecule has 0 unspecified atom stereocenters. The second-order valence-corrected chi connectivity index (χ2v) is 12.5. The SMILES string of the molecule is CC(C)(C)c1cc(-c2ccsc2-c2nc(-c3ccccc3)c(-c3ccccc3)[nH]2)cc(C(C)(C)C)c1[O]. The van der Waals surface area contributed by atoms with Gasteiger partial charge in [-0.25, -0.2) is 4.98 Å². The molecule has 0 aliphatic carbocycles. The molecule has 0 aliphatic rings. The average Bonchev–Trinajstić information content (AvgIpc) is 3.51. The molecule has 5 rings (SSSR count). The Hall–Kier alpha value is -3.63. The van der Waals surface area contributed by atoms with Gasteiger partial charge in [0.05, 0.1) is 16.3 Å². The Labute approximate surface area is 223 Å². The van der Waals surface area contributed by atoms with E-state index in [9.17, 15) is 5.11 Å². The molecule has 0 saturated carbocycles. The predicted octanol–water partition coefficient (Wildman–Crippen LogP) is 9.88. The first-order valence-corrected chi connectivity index (χ1v) is 13.6. The molecule has 0 amide bonds. The predicted molar refractivity (Wildman–Crippen MR) is 156 cm³/mol. The number of imidazole rings is 1. The van der Waals surface area contributed by atoms with Gasteiger partial charge in [0.2, 0.25) is 0 Å². The molecule has 5 aromatic rings. The van der Waals surface area contributed by atoms with E-state index in [-0.39, 0.29) is 16.6 Å². The summed E-state index contributed by atoms with van der Waals surface area (Å²) in [4.78, 5) is 9.85. The van der Waals surface area contributed by atoms with E-state index in [0.717, 1.165) is 55.5 Å². The Kier molecular flexibility index (Phi) is 6.33. The number of H-pyrrole nitrogens is 1. The van der Waals surface area contributed by atoms with Crippen molar-refractivity contribution in [2.75, 3.05) is 0 Å². The van der Waals surface area contributed by atoms with Crippen molar-refractivity contribution in [1.29, 1.82) is 0 Å². The van der Waals surface area contributed by atoms with Crippen molar-refractivity contribution >= 4 is 11.3 Å². The van der Waals surface area contributed by atoms with Crippen molar-refractivity contribution in [3.63, 3.8) is 0 Å². The minimum Gasteiger partial charge on any atom is -0.337 e. The zero-order valence-corrected chi connectivity index (χ0v) is 23.2. The summed E-state index contributed by atoms with van der Waals surface area (Å²) < 4.78 is 0. The zero-order valence-electron chi connectivity index (χ0n) is 22.3. The van der Waals surface area contributed by atoms with Crippen LogP contribution in [0, 0.1) is 0 Å². The molecule has 0 atom stereocenters. The Morgan fingerprint density at radius 1 is 0.703 bits per heavy atom. The normalized spacial score (nSPS) is 12.2. The smallest absolute Gasteiger partial charge is 0.186 e. The average molecular weight is 506 g/mol. The van der Waals surface area contributed by atoms with Crippen molar-refractivity contribution in [3.05, 3.63) is 95.4 Å². The van der Waals surface area contributed by atoms with Gasteiger partial charge in [-0.1, -0.05) is 102 Å². The van der Waals surface area contributed by atoms with Crippen LogP contribution in [0.15, 0.2) is 84.2 Å². The highest BCUT2D eigenvalue weighted by atomic mass is 32.1. The second kappa shape index (κ2) is 9.35. The molecule has 0 saturated heterocycles. The van der Waals surface area contributed by atoms with Crippen LogP contribution in [0.25, 0.3) is 44.3 Å². The minimum absolute atomic E-state index is 0.149. The molecule has 2 heterocycles. The third-order valence-corrected chi connectivity index (χ3v) is 7.63. The van der Waals surface area contributed by atoms with Crippen LogP contribution >= 0.6 is 11.3 Å². The van der Waals surface area contributed by atoms with Crippen LogP contribution in [0.1, 0.15) is 52.7 Å². The van der Waals surface area contributed by atoms with Gasteiger partial charge in [0.25, 0.3) is 0 Å². The van der Waals surface area contributed by atoms with E-state index in [2.05, 4.69) is 94.4 Å². The van der Waals surface area contributed by atoms with E-state index in [1.165, 1.54) is 0 Å². The van der Waals surface area contributed by atoms with Crippen LogP contribution in [-0.2, 0) is 15.9 Å². The Balaban J connectivity index is 1.71. The van der Waals surface area contributed by atoms with Gasteiger partial charge in [0.1, 0.15) is 5.82 Å². The number of hydrogen-bond donors (Lipinski definition) is 1. The lowest BCUT2D eigenvalue weighted by Gasteiger charge is -2.27. The number of nitrogens with zero attached hydrogens (tertiary/aromatic N) is 1. The molecule has 1 radical (unpaired) electrons. The van der Waals surface area contributed by atoms with E-state index in [0.29, 0.717) is 0 Å². The monoisotopic (exact) mass is 505 g/mol. The largest absolute Gasteiger partial charge is 0.337 e. The lowest BCUT2D eigenvalue weighted by molar-refractivity contribution is 0.327. The highest BCUT2D eigenvalue weighted by molar-refractivity contribution is 7.14. The number of thiophene rings is 1. The van der Waals surface area contributed by atoms with Gasteiger partial charge in [-0.3, -0.25) is 5.11 Å². The molecular weight excluding hydrogens is 472 g/mol. The highest BCUT2D eigenvalue weighted by Gasteiger charge is 2.29. The number of aromatic amines is 1. The van der Waals surface area contributed by atoms with E-state index in [1.807, 2.05) is 36.4 Å². The van der Waals surface area contributed by atoms with E-state index in [4.69, 9.17) is 4.98 Å². The van der Waals surface area contributed by atoms with E-state index in [1.54, 1.807) is 11.3 Å². The number of nitrogens with one attached hydrogen (secondary N) is 1. The van der Waals surface area contributed by atoms with Crippen LogP contribution in [0.5, 0.6) is 5.75 Å². The van der Waals surface area contributed by atoms with E-state index < -0.39 is 0 Å². The molecular formula is C33H33N2OS.